The van der Waals surface area contributed by atoms with E-state index in [1.165, 1.54) is 5.56 Å². The smallest absolute Gasteiger partial charge is 0.410 e. The second-order valence-electron chi connectivity index (χ2n) is 10.4. The van der Waals surface area contributed by atoms with Crippen LogP contribution in [-0.4, -0.2) is 53.6 Å². The van der Waals surface area contributed by atoms with Crippen molar-refractivity contribution in [2.75, 3.05) is 26.2 Å². The SMILES string of the molecule is CC(C)(C)OC(=O)N1CCCN(C(=O)c2ccc(COc3ccc(C(C)(C)C)cc3)o2)CC1. The molecule has 7 nitrogen and oxygen atoms in total. The van der Waals surface area contributed by atoms with Gasteiger partial charge < -0.3 is 23.7 Å². The highest BCUT2D eigenvalue weighted by molar-refractivity contribution is 5.91. The van der Waals surface area contributed by atoms with Gasteiger partial charge in [-0.25, -0.2) is 4.79 Å². The predicted molar refractivity (Wildman–Crippen MR) is 127 cm³/mol. The molecule has 0 bridgehead atoms. The fourth-order valence-corrected chi connectivity index (χ4v) is 3.56. The monoisotopic (exact) mass is 456 g/mol. The molecule has 1 aromatic heterocycles. The first kappa shape index (κ1) is 24.7. The minimum absolute atomic E-state index is 0.0894. The molecule has 33 heavy (non-hydrogen) atoms. The highest BCUT2D eigenvalue weighted by Gasteiger charge is 2.27. The average Bonchev–Trinajstić information content (AvgIpc) is 3.06. The topological polar surface area (TPSA) is 72.2 Å². The Hall–Kier alpha value is -2.96. The third-order valence-electron chi connectivity index (χ3n) is 5.41. The second kappa shape index (κ2) is 9.89. The number of hydrogen-bond acceptors (Lipinski definition) is 5. The summed E-state index contributed by atoms with van der Waals surface area (Å²) in [5, 5.41) is 0. The Balaban J connectivity index is 1.53. The number of hydrogen-bond donors (Lipinski definition) is 0. The van der Waals surface area contributed by atoms with Gasteiger partial charge >= 0.3 is 6.09 Å². The quantitative estimate of drug-likeness (QED) is 0.629. The Morgan fingerprint density at radius 3 is 2.15 bits per heavy atom. The number of benzene rings is 1. The van der Waals surface area contributed by atoms with Gasteiger partial charge in [0.05, 0.1) is 0 Å². The zero-order chi connectivity index (χ0) is 24.2. The molecule has 2 heterocycles. The highest BCUT2D eigenvalue weighted by Crippen LogP contribution is 2.25. The van der Waals surface area contributed by atoms with Gasteiger partial charge in [-0.2, -0.15) is 0 Å². The van der Waals surface area contributed by atoms with Gasteiger partial charge in [-0.05, 0) is 62.4 Å². The van der Waals surface area contributed by atoms with Crippen LogP contribution in [0.1, 0.15) is 69.8 Å². The van der Waals surface area contributed by atoms with Gasteiger partial charge in [-0.1, -0.05) is 32.9 Å². The van der Waals surface area contributed by atoms with Crippen LogP contribution in [0.3, 0.4) is 0 Å². The number of nitrogens with zero attached hydrogens (tertiary/aromatic N) is 2. The summed E-state index contributed by atoms with van der Waals surface area (Å²) in [6, 6.07) is 11.5. The number of furan rings is 1. The summed E-state index contributed by atoms with van der Waals surface area (Å²) in [6.07, 6.45) is 0.344. The highest BCUT2D eigenvalue weighted by atomic mass is 16.6. The van der Waals surface area contributed by atoms with Crippen LogP contribution in [-0.2, 0) is 16.8 Å². The predicted octanol–water partition coefficient (Wildman–Crippen LogP) is 5.24. The second-order valence-corrected chi connectivity index (χ2v) is 10.4. The van der Waals surface area contributed by atoms with E-state index in [9.17, 15) is 9.59 Å². The molecule has 180 valence electrons. The molecular formula is C26H36N2O5. The normalized spacial score (nSPS) is 15.2. The van der Waals surface area contributed by atoms with E-state index in [0.29, 0.717) is 38.4 Å². The summed E-state index contributed by atoms with van der Waals surface area (Å²) in [5.41, 5.74) is 0.787. The lowest BCUT2D eigenvalue weighted by atomic mass is 9.87. The molecule has 1 saturated heterocycles. The Kier molecular flexibility index (Phi) is 7.40. The summed E-state index contributed by atoms with van der Waals surface area (Å²) in [4.78, 5) is 28.7. The van der Waals surface area contributed by atoms with Crippen LogP contribution < -0.4 is 4.74 Å². The molecule has 0 aliphatic carbocycles. The van der Waals surface area contributed by atoms with Gasteiger partial charge in [-0.15, -0.1) is 0 Å². The summed E-state index contributed by atoms with van der Waals surface area (Å²) >= 11 is 0. The van der Waals surface area contributed by atoms with E-state index >= 15 is 0 Å². The molecule has 3 rings (SSSR count). The fourth-order valence-electron chi connectivity index (χ4n) is 3.56. The van der Waals surface area contributed by atoms with Crippen LogP contribution in [0, 0.1) is 0 Å². The van der Waals surface area contributed by atoms with Crippen molar-refractivity contribution in [3.8, 4) is 5.75 Å². The van der Waals surface area contributed by atoms with Crippen LogP contribution in [0.2, 0.25) is 0 Å². The Morgan fingerprint density at radius 2 is 1.52 bits per heavy atom. The molecule has 1 fully saturated rings. The first-order valence-electron chi connectivity index (χ1n) is 11.5. The summed E-state index contributed by atoms with van der Waals surface area (Å²) in [6.45, 7) is 14.3. The van der Waals surface area contributed by atoms with Gasteiger partial charge in [0.25, 0.3) is 5.91 Å². The van der Waals surface area contributed by atoms with E-state index in [4.69, 9.17) is 13.9 Å². The van der Waals surface area contributed by atoms with Crippen molar-refractivity contribution in [1.82, 2.24) is 9.80 Å². The zero-order valence-electron chi connectivity index (χ0n) is 20.6. The van der Waals surface area contributed by atoms with Crippen molar-refractivity contribution < 1.29 is 23.5 Å². The third kappa shape index (κ3) is 7.01. The molecule has 0 atom stereocenters. The lowest BCUT2D eigenvalue weighted by molar-refractivity contribution is 0.0255. The van der Waals surface area contributed by atoms with Gasteiger partial charge in [0.2, 0.25) is 0 Å². The zero-order valence-corrected chi connectivity index (χ0v) is 20.6. The number of ether oxygens (including phenoxy) is 2. The maximum absolute atomic E-state index is 12.9. The minimum atomic E-state index is -0.542. The number of rotatable bonds is 4. The molecule has 0 unspecified atom stereocenters. The Morgan fingerprint density at radius 1 is 0.879 bits per heavy atom. The van der Waals surface area contributed by atoms with Crippen molar-refractivity contribution >= 4 is 12.0 Å². The van der Waals surface area contributed by atoms with Crippen LogP contribution in [0.5, 0.6) is 5.75 Å². The van der Waals surface area contributed by atoms with Crippen molar-refractivity contribution in [3.05, 3.63) is 53.5 Å². The molecule has 1 aliphatic heterocycles. The van der Waals surface area contributed by atoms with Gasteiger partial charge in [0.15, 0.2) is 5.76 Å². The van der Waals surface area contributed by atoms with E-state index < -0.39 is 5.60 Å². The molecule has 2 amide bonds. The van der Waals surface area contributed by atoms with Crippen LogP contribution >= 0.6 is 0 Å². The van der Waals surface area contributed by atoms with E-state index in [2.05, 4.69) is 32.9 Å². The first-order chi connectivity index (χ1) is 15.4. The summed E-state index contributed by atoms with van der Waals surface area (Å²) in [7, 11) is 0. The molecule has 0 radical (unpaired) electrons. The molecule has 1 aliphatic rings. The standard InChI is InChI=1S/C26H36N2O5/c1-25(2,3)19-8-10-20(11-9-19)31-18-21-12-13-22(32-21)23(29)27-14-7-15-28(17-16-27)24(30)33-26(4,5)6/h8-13H,7,14-18H2,1-6H3. The molecule has 0 N–H and O–H groups in total. The van der Waals surface area contributed by atoms with E-state index in [1.54, 1.807) is 21.9 Å². The lowest BCUT2D eigenvalue weighted by Crippen LogP contribution is -2.40. The Bertz CT molecular complexity index is 950. The maximum Gasteiger partial charge on any atom is 0.410 e. The lowest BCUT2D eigenvalue weighted by Gasteiger charge is -2.26. The van der Waals surface area contributed by atoms with E-state index in [0.717, 1.165) is 5.75 Å². The van der Waals surface area contributed by atoms with Crippen molar-refractivity contribution in [3.63, 3.8) is 0 Å². The van der Waals surface area contributed by atoms with Crippen molar-refractivity contribution in [2.45, 2.75) is 65.6 Å². The minimum Gasteiger partial charge on any atom is -0.486 e. The molecule has 1 aromatic carbocycles. The van der Waals surface area contributed by atoms with E-state index in [1.807, 2.05) is 32.9 Å². The molecule has 7 heteroatoms. The summed E-state index contributed by atoms with van der Waals surface area (Å²) < 4.78 is 17.0. The summed E-state index contributed by atoms with van der Waals surface area (Å²) in [5.74, 6) is 1.44. The molecular weight excluding hydrogens is 420 g/mol. The molecule has 0 saturated carbocycles. The molecule has 0 spiro atoms. The van der Waals surface area contributed by atoms with Gasteiger partial charge in [0.1, 0.15) is 23.7 Å². The van der Waals surface area contributed by atoms with Crippen molar-refractivity contribution in [1.29, 1.82) is 0 Å². The third-order valence-corrected chi connectivity index (χ3v) is 5.41. The van der Waals surface area contributed by atoms with Crippen LogP contribution in [0.15, 0.2) is 40.8 Å². The molecule has 2 aromatic rings. The van der Waals surface area contributed by atoms with E-state index in [-0.39, 0.29) is 29.8 Å². The van der Waals surface area contributed by atoms with Gasteiger partial charge in [0, 0.05) is 26.2 Å². The van der Waals surface area contributed by atoms with Crippen molar-refractivity contribution in [2.24, 2.45) is 0 Å². The van der Waals surface area contributed by atoms with Gasteiger partial charge in [-0.3, -0.25) is 4.79 Å². The first-order valence-corrected chi connectivity index (χ1v) is 11.5. The average molecular weight is 457 g/mol. The number of carbonyl (C=O) groups excluding carboxylic acids is 2. The number of amides is 2. The van der Waals surface area contributed by atoms with Crippen LogP contribution in [0.4, 0.5) is 4.79 Å². The van der Waals surface area contributed by atoms with Crippen LogP contribution in [0.25, 0.3) is 0 Å². The maximum atomic E-state index is 12.9. The Labute approximate surface area is 196 Å². The number of carbonyl (C=O) groups is 2. The fraction of sp³-hybridized carbons (Fsp3) is 0.538. The largest absolute Gasteiger partial charge is 0.486 e.